The molecule has 0 aliphatic rings. The predicted molar refractivity (Wildman–Crippen MR) is 87.4 cm³/mol. The first-order valence-electron chi connectivity index (χ1n) is 7.80. The summed E-state index contributed by atoms with van der Waals surface area (Å²) in [4.78, 5) is 9.18. The molecule has 1 aromatic rings. The number of nitrogens with one attached hydrogen (secondary N) is 2. The Kier molecular flexibility index (Phi) is 6.76. The summed E-state index contributed by atoms with van der Waals surface area (Å²) < 4.78 is 0. The van der Waals surface area contributed by atoms with Crippen molar-refractivity contribution in [1.29, 1.82) is 0 Å². The Morgan fingerprint density at radius 2 is 1.60 bits per heavy atom. The standard InChI is InChI=1S/C16H30N4/c1-7-8-17-14-9-15(18-10-13(6)11(2)3)20-16(19-14)12(4)5/h9,11-13H,7-8,10H2,1-6H3,(H2,17,18,19,20). The highest BCUT2D eigenvalue weighted by Gasteiger charge is 2.10. The lowest BCUT2D eigenvalue weighted by atomic mass is 9.98. The lowest BCUT2D eigenvalue weighted by molar-refractivity contribution is 0.439. The summed E-state index contributed by atoms with van der Waals surface area (Å²) in [6.45, 7) is 15.1. The molecule has 0 aliphatic heterocycles. The normalized spacial score (nSPS) is 12.8. The first-order chi connectivity index (χ1) is 9.43. The molecule has 0 bridgehead atoms. The Hall–Kier alpha value is -1.32. The molecule has 4 nitrogen and oxygen atoms in total. The van der Waals surface area contributed by atoms with Crippen LogP contribution in [0, 0.1) is 11.8 Å². The third-order valence-corrected chi connectivity index (χ3v) is 3.56. The van der Waals surface area contributed by atoms with E-state index in [-0.39, 0.29) is 0 Å². The summed E-state index contributed by atoms with van der Waals surface area (Å²) in [6, 6.07) is 2.01. The SMILES string of the molecule is CCCNc1cc(NCC(C)C(C)C)nc(C(C)C)n1. The van der Waals surface area contributed by atoms with Crippen LogP contribution in [0.3, 0.4) is 0 Å². The molecule has 0 saturated heterocycles. The minimum absolute atomic E-state index is 0.335. The maximum atomic E-state index is 4.61. The van der Waals surface area contributed by atoms with Gasteiger partial charge in [0.1, 0.15) is 17.5 Å². The maximum absolute atomic E-state index is 4.61. The molecule has 1 atom stereocenters. The molecule has 20 heavy (non-hydrogen) atoms. The highest BCUT2D eigenvalue weighted by molar-refractivity contribution is 5.47. The molecule has 0 spiro atoms. The largest absolute Gasteiger partial charge is 0.370 e. The number of nitrogens with zero attached hydrogens (tertiary/aromatic N) is 2. The summed E-state index contributed by atoms with van der Waals surface area (Å²) in [7, 11) is 0. The minimum atomic E-state index is 0.335. The number of hydrogen-bond acceptors (Lipinski definition) is 4. The van der Waals surface area contributed by atoms with Crippen LogP contribution in [0.1, 0.15) is 59.7 Å². The molecule has 0 saturated carbocycles. The first-order valence-corrected chi connectivity index (χ1v) is 7.80. The molecule has 1 unspecified atom stereocenters. The van der Waals surface area contributed by atoms with E-state index < -0.39 is 0 Å². The highest BCUT2D eigenvalue weighted by atomic mass is 15.1. The van der Waals surface area contributed by atoms with Crippen molar-refractivity contribution in [2.45, 2.75) is 53.9 Å². The zero-order chi connectivity index (χ0) is 15.1. The van der Waals surface area contributed by atoms with Gasteiger partial charge in [-0.2, -0.15) is 0 Å². The van der Waals surface area contributed by atoms with Crippen molar-refractivity contribution in [2.75, 3.05) is 23.7 Å². The van der Waals surface area contributed by atoms with Gasteiger partial charge in [-0.3, -0.25) is 0 Å². The third kappa shape index (κ3) is 5.35. The van der Waals surface area contributed by atoms with Gasteiger partial charge in [-0.15, -0.1) is 0 Å². The van der Waals surface area contributed by atoms with Crippen LogP contribution < -0.4 is 10.6 Å². The van der Waals surface area contributed by atoms with Gasteiger partial charge in [0.05, 0.1) is 0 Å². The summed E-state index contributed by atoms with van der Waals surface area (Å²) in [5.41, 5.74) is 0. The van der Waals surface area contributed by atoms with Crippen LogP contribution in [0.2, 0.25) is 0 Å². The maximum Gasteiger partial charge on any atom is 0.135 e. The van der Waals surface area contributed by atoms with Crippen LogP contribution in [0.5, 0.6) is 0 Å². The van der Waals surface area contributed by atoms with Crippen LogP contribution in [0.4, 0.5) is 11.6 Å². The van der Waals surface area contributed by atoms with Crippen LogP contribution in [-0.4, -0.2) is 23.1 Å². The van der Waals surface area contributed by atoms with Crippen LogP contribution >= 0.6 is 0 Å². The minimum Gasteiger partial charge on any atom is -0.370 e. The first kappa shape index (κ1) is 16.7. The van der Waals surface area contributed by atoms with Crippen molar-refractivity contribution < 1.29 is 0 Å². The molecule has 0 amide bonds. The number of hydrogen-bond donors (Lipinski definition) is 2. The van der Waals surface area contributed by atoms with Crippen molar-refractivity contribution in [3.63, 3.8) is 0 Å². The van der Waals surface area contributed by atoms with Crippen LogP contribution in [-0.2, 0) is 0 Å². The summed E-state index contributed by atoms with van der Waals surface area (Å²) in [5.74, 6) is 4.37. The van der Waals surface area contributed by atoms with Crippen LogP contribution in [0.15, 0.2) is 6.07 Å². The van der Waals surface area contributed by atoms with E-state index in [1.54, 1.807) is 0 Å². The van der Waals surface area contributed by atoms with E-state index in [9.17, 15) is 0 Å². The zero-order valence-electron chi connectivity index (χ0n) is 13.8. The van der Waals surface area contributed by atoms with Crippen molar-refractivity contribution in [2.24, 2.45) is 11.8 Å². The van der Waals surface area contributed by atoms with E-state index in [4.69, 9.17) is 0 Å². The number of aromatic nitrogens is 2. The number of rotatable bonds is 8. The fraction of sp³-hybridized carbons (Fsp3) is 0.750. The van der Waals surface area contributed by atoms with Gasteiger partial charge in [-0.25, -0.2) is 9.97 Å². The van der Waals surface area contributed by atoms with Gasteiger partial charge in [0.2, 0.25) is 0 Å². The van der Waals surface area contributed by atoms with Gasteiger partial charge in [0, 0.05) is 25.1 Å². The second kappa shape index (κ2) is 8.08. The Bertz CT molecular complexity index is 401. The summed E-state index contributed by atoms with van der Waals surface area (Å²) >= 11 is 0. The van der Waals surface area contributed by atoms with Gasteiger partial charge in [0.25, 0.3) is 0 Å². The molecule has 1 heterocycles. The second-order valence-electron chi connectivity index (χ2n) is 6.18. The van der Waals surface area contributed by atoms with Gasteiger partial charge >= 0.3 is 0 Å². The molecule has 1 rings (SSSR count). The average molecular weight is 278 g/mol. The average Bonchev–Trinajstić information content (AvgIpc) is 2.42. The quantitative estimate of drug-likeness (QED) is 0.751. The molecule has 0 aliphatic carbocycles. The molecule has 2 N–H and O–H groups in total. The zero-order valence-corrected chi connectivity index (χ0v) is 13.8. The van der Waals surface area contributed by atoms with Crippen LogP contribution in [0.25, 0.3) is 0 Å². The third-order valence-electron chi connectivity index (χ3n) is 3.56. The topological polar surface area (TPSA) is 49.8 Å². The van der Waals surface area contributed by atoms with Crippen molar-refractivity contribution >= 4 is 11.6 Å². The van der Waals surface area contributed by atoms with Gasteiger partial charge < -0.3 is 10.6 Å². The Labute approximate surface area is 123 Å². The van der Waals surface area contributed by atoms with E-state index in [0.29, 0.717) is 17.8 Å². The lowest BCUT2D eigenvalue weighted by Crippen LogP contribution is -2.18. The van der Waals surface area contributed by atoms with Gasteiger partial charge in [-0.05, 0) is 18.3 Å². The fourth-order valence-electron chi connectivity index (χ4n) is 1.66. The summed E-state index contributed by atoms with van der Waals surface area (Å²) in [6.07, 6.45) is 1.09. The predicted octanol–water partition coefficient (Wildman–Crippen LogP) is 4.13. The Morgan fingerprint density at radius 1 is 1.00 bits per heavy atom. The molecule has 0 aromatic carbocycles. The smallest absolute Gasteiger partial charge is 0.135 e. The fourth-order valence-corrected chi connectivity index (χ4v) is 1.66. The van der Waals surface area contributed by atoms with Crippen molar-refractivity contribution in [1.82, 2.24) is 9.97 Å². The number of anilines is 2. The monoisotopic (exact) mass is 278 g/mol. The Morgan fingerprint density at radius 3 is 2.10 bits per heavy atom. The molecule has 1 aromatic heterocycles. The van der Waals surface area contributed by atoms with Crippen molar-refractivity contribution in [3.05, 3.63) is 11.9 Å². The molecular weight excluding hydrogens is 248 g/mol. The molecular formula is C16H30N4. The van der Waals surface area contributed by atoms with Gasteiger partial charge in [-0.1, -0.05) is 41.5 Å². The Balaban J connectivity index is 2.80. The van der Waals surface area contributed by atoms with E-state index in [2.05, 4.69) is 62.1 Å². The molecule has 0 radical (unpaired) electrons. The van der Waals surface area contributed by atoms with E-state index in [0.717, 1.165) is 37.0 Å². The van der Waals surface area contributed by atoms with E-state index in [1.807, 2.05) is 6.07 Å². The molecule has 114 valence electrons. The van der Waals surface area contributed by atoms with Crippen molar-refractivity contribution in [3.8, 4) is 0 Å². The molecule has 4 heteroatoms. The van der Waals surface area contributed by atoms with Gasteiger partial charge in [0.15, 0.2) is 0 Å². The van der Waals surface area contributed by atoms with E-state index in [1.165, 1.54) is 0 Å². The highest BCUT2D eigenvalue weighted by Crippen LogP contribution is 2.18. The summed E-state index contributed by atoms with van der Waals surface area (Å²) in [5, 5.41) is 6.80. The van der Waals surface area contributed by atoms with E-state index >= 15 is 0 Å². The molecule has 0 fully saturated rings. The second-order valence-corrected chi connectivity index (χ2v) is 6.18. The lowest BCUT2D eigenvalue weighted by Gasteiger charge is -2.18.